The van der Waals surface area contributed by atoms with Crippen LogP contribution in [0.25, 0.3) is 0 Å². The SMILES string of the molecule is CN=C(NCCCF)NCc1ccc(C)cc1OC. The molecule has 0 radical (unpaired) electrons. The number of nitrogens with one attached hydrogen (secondary N) is 2. The van der Waals surface area contributed by atoms with E-state index in [0.717, 1.165) is 16.9 Å². The second-order valence-electron chi connectivity index (χ2n) is 4.21. The summed E-state index contributed by atoms with van der Waals surface area (Å²) in [7, 11) is 3.35. The van der Waals surface area contributed by atoms with Gasteiger partial charge in [-0.1, -0.05) is 12.1 Å². The fraction of sp³-hybridized carbons (Fsp3) is 0.500. The molecule has 4 nitrogen and oxygen atoms in total. The van der Waals surface area contributed by atoms with Crippen LogP contribution in [-0.2, 0) is 6.54 Å². The van der Waals surface area contributed by atoms with Crippen molar-refractivity contribution in [3.8, 4) is 5.75 Å². The lowest BCUT2D eigenvalue weighted by Crippen LogP contribution is -2.37. The van der Waals surface area contributed by atoms with Crippen molar-refractivity contribution in [2.24, 2.45) is 4.99 Å². The molecule has 0 aliphatic rings. The third-order valence-electron chi connectivity index (χ3n) is 2.72. The van der Waals surface area contributed by atoms with E-state index >= 15 is 0 Å². The number of guanidine groups is 1. The lowest BCUT2D eigenvalue weighted by Gasteiger charge is -2.13. The van der Waals surface area contributed by atoms with E-state index in [1.165, 1.54) is 0 Å². The molecule has 0 amide bonds. The number of rotatable bonds is 6. The molecule has 5 heteroatoms. The number of hydrogen-bond acceptors (Lipinski definition) is 2. The summed E-state index contributed by atoms with van der Waals surface area (Å²) in [5.41, 5.74) is 2.22. The Bertz CT molecular complexity index is 421. The number of halogens is 1. The van der Waals surface area contributed by atoms with Crippen molar-refractivity contribution < 1.29 is 9.13 Å². The zero-order valence-electron chi connectivity index (χ0n) is 11.8. The van der Waals surface area contributed by atoms with Crippen LogP contribution in [0, 0.1) is 6.92 Å². The molecular formula is C14H22FN3O. The molecule has 0 aliphatic carbocycles. The fourth-order valence-electron chi connectivity index (χ4n) is 1.67. The monoisotopic (exact) mass is 267 g/mol. The Labute approximate surface area is 114 Å². The second kappa shape index (κ2) is 8.34. The molecule has 0 fully saturated rings. The van der Waals surface area contributed by atoms with Gasteiger partial charge in [0.25, 0.3) is 0 Å². The first-order valence-corrected chi connectivity index (χ1v) is 6.35. The fourth-order valence-corrected chi connectivity index (χ4v) is 1.67. The molecule has 0 spiro atoms. The maximum atomic E-state index is 12.0. The number of benzene rings is 1. The van der Waals surface area contributed by atoms with Crippen LogP contribution < -0.4 is 15.4 Å². The topological polar surface area (TPSA) is 45.7 Å². The summed E-state index contributed by atoms with van der Waals surface area (Å²) in [6, 6.07) is 6.06. The summed E-state index contributed by atoms with van der Waals surface area (Å²) in [5.74, 6) is 1.52. The quantitative estimate of drug-likeness (QED) is 0.471. The van der Waals surface area contributed by atoms with E-state index in [9.17, 15) is 4.39 Å². The van der Waals surface area contributed by atoms with Gasteiger partial charge in [-0.2, -0.15) is 0 Å². The third-order valence-corrected chi connectivity index (χ3v) is 2.72. The van der Waals surface area contributed by atoms with Crippen molar-refractivity contribution in [3.05, 3.63) is 29.3 Å². The van der Waals surface area contributed by atoms with Gasteiger partial charge in [0.1, 0.15) is 5.75 Å². The van der Waals surface area contributed by atoms with Crippen LogP contribution in [0.3, 0.4) is 0 Å². The highest BCUT2D eigenvalue weighted by molar-refractivity contribution is 5.79. The Morgan fingerprint density at radius 3 is 2.79 bits per heavy atom. The van der Waals surface area contributed by atoms with E-state index in [0.29, 0.717) is 25.5 Å². The summed E-state index contributed by atoms with van der Waals surface area (Å²) in [6.45, 7) is 2.88. The number of hydrogen-bond donors (Lipinski definition) is 2. The maximum Gasteiger partial charge on any atom is 0.191 e. The van der Waals surface area contributed by atoms with Crippen molar-refractivity contribution in [3.63, 3.8) is 0 Å². The van der Waals surface area contributed by atoms with Gasteiger partial charge in [0.15, 0.2) is 5.96 Å². The van der Waals surface area contributed by atoms with E-state index in [4.69, 9.17) is 4.74 Å². The molecule has 0 saturated heterocycles. The van der Waals surface area contributed by atoms with Gasteiger partial charge in [-0.25, -0.2) is 0 Å². The molecule has 19 heavy (non-hydrogen) atoms. The largest absolute Gasteiger partial charge is 0.496 e. The molecule has 2 N–H and O–H groups in total. The average Bonchev–Trinajstić information content (AvgIpc) is 2.43. The van der Waals surface area contributed by atoms with Crippen molar-refractivity contribution in [2.45, 2.75) is 19.9 Å². The summed E-state index contributed by atoms with van der Waals surface area (Å²) in [6.07, 6.45) is 0.481. The smallest absolute Gasteiger partial charge is 0.191 e. The van der Waals surface area contributed by atoms with E-state index in [1.54, 1.807) is 14.2 Å². The maximum absolute atomic E-state index is 12.0. The molecule has 0 aliphatic heterocycles. The van der Waals surface area contributed by atoms with Crippen molar-refractivity contribution >= 4 is 5.96 Å². The van der Waals surface area contributed by atoms with E-state index < -0.39 is 0 Å². The molecule has 1 rings (SSSR count). The van der Waals surface area contributed by atoms with Crippen LogP contribution in [0.15, 0.2) is 23.2 Å². The predicted molar refractivity (Wildman–Crippen MR) is 76.5 cm³/mol. The number of aliphatic imine (C=N–C) groups is 1. The first-order valence-electron chi connectivity index (χ1n) is 6.35. The summed E-state index contributed by atoms with van der Waals surface area (Å²) in [4.78, 5) is 4.08. The lowest BCUT2D eigenvalue weighted by atomic mass is 10.1. The molecule has 1 aromatic carbocycles. The van der Waals surface area contributed by atoms with Gasteiger partial charge in [0.2, 0.25) is 0 Å². The Morgan fingerprint density at radius 2 is 2.16 bits per heavy atom. The molecule has 0 saturated carbocycles. The highest BCUT2D eigenvalue weighted by Gasteiger charge is 2.04. The van der Waals surface area contributed by atoms with E-state index in [-0.39, 0.29) is 6.67 Å². The van der Waals surface area contributed by atoms with Crippen LogP contribution in [0.5, 0.6) is 5.75 Å². The van der Waals surface area contributed by atoms with E-state index in [2.05, 4.69) is 15.6 Å². The third kappa shape index (κ3) is 5.16. The zero-order valence-corrected chi connectivity index (χ0v) is 11.8. The van der Waals surface area contributed by atoms with Crippen LogP contribution in [-0.4, -0.2) is 33.3 Å². The number of methoxy groups -OCH3 is 1. The molecule has 0 atom stereocenters. The summed E-state index contributed by atoms with van der Waals surface area (Å²) >= 11 is 0. The Morgan fingerprint density at radius 1 is 1.37 bits per heavy atom. The van der Waals surface area contributed by atoms with Crippen LogP contribution in [0.1, 0.15) is 17.5 Å². The number of alkyl halides is 1. The Hall–Kier alpha value is -1.78. The highest BCUT2D eigenvalue weighted by atomic mass is 19.1. The standard InChI is InChI=1S/C14H22FN3O/c1-11-5-6-12(13(9-11)19-3)10-18-14(16-2)17-8-4-7-15/h5-6,9H,4,7-8,10H2,1-3H3,(H2,16,17,18). The minimum absolute atomic E-state index is 0.324. The zero-order chi connectivity index (χ0) is 14.1. The van der Waals surface area contributed by atoms with Gasteiger partial charge in [-0.3, -0.25) is 9.38 Å². The van der Waals surface area contributed by atoms with Gasteiger partial charge in [-0.15, -0.1) is 0 Å². The first kappa shape index (κ1) is 15.3. The predicted octanol–water partition coefficient (Wildman–Crippen LogP) is 2.03. The van der Waals surface area contributed by atoms with Crippen LogP contribution >= 0.6 is 0 Å². The number of aryl methyl sites for hydroxylation is 1. The minimum atomic E-state index is -0.324. The number of ether oxygens (including phenoxy) is 1. The molecular weight excluding hydrogens is 245 g/mol. The van der Waals surface area contributed by atoms with Gasteiger partial charge in [0, 0.05) is 25.7 Å². The summed E-state index contributed by atoms with van der Waals surface area (Å²) < 4.78 is 17.4. The first-order chi connectivity index (χ1) is 9.21. The lowest BCUT2D eigenvalue weighted by molar-refractivity contribution is 0.408. The molecule has 0 unspecified atom stereocenters. The molecule has 1 aromatic rings. The molecule has 0 aromatic heterocycles. The Balaban J connectivity index is 2.55. The molecule has 106 valence electrons. The van der Waals surface area contributed by atoms with Crippen molar-refractivity contribution in [2.75, 3.05) is 27.4 Å². The second-order valence-corrected chi connectivity index (χ2v) is 4.21. The van der Waals surface area contributed by atoms with Gasteiger partial charge < -0.3 is 15.4 Å². The van der Waals surface area contributed by atoms with Crippen LogP contribution in [0.2, 0.25) is 0 Å². The van der Waals surface area contributed by atoms with Gasteiger partial charge >= 0.3 is 0 Å². The molecule has 0 bridgehead atoms. The minimum Gasteiger partial charge on any atom is -0.496 e. The molecule has 0 heterocycles. The van der Waals surface area contributed by atoms with Gasteiger partial charge in [-0.05, 0) is 25.0 Å². The van der Waals surface area contributed by atoms with Gasteiger partial charge in [0.05, 0.1) is 13.8 Å². The Kier molecular flexibility index (Phi) is 6.71. The number of nitrogens with zero attached hydrogens (tertiary/aromatic N) is 1. The summed E-state index contributed by atoms with van der Waals surface area (Å²) in [5, 5.41) is 6.22. The average molecular weight is 267 g/mol. The van der Waals surface area contributed by atoms with Crippen LogP contribution in [0.4, 0.5) is 4.39 Å². The van der Waals surface area contributed by atoms with Crippen molar-refractivity contribution in [1.29, 1.82) is 0 Å². The normalized spacial score (nSPS) is 11.3. The van der Waals surface area contributed by atoms with Crippen molar-refractivity contribution in [1.82, 2.24) is 10.6 Å². The highest BCUT2D eigenvalue weighted by Crippen LogP contribution is 2.19. The van der Waals surface area contributed by atoms with E-state index in [1.807, 2.05) is 25.1 Å².